The van der Waals surface area contributed by atoms with Crippen molar-refractivity contribution in [2.75, 3.05) is 0 Å². The van der Waals surface area contributed by atoms with Gasteiger partial charge in [0.1, 0.15) is 18.2 Å². The Balaban J connectivity index is 2.24. The van der Waals surface area contributed by atoms with Gasteiger partial charge in [0.05, 0.1) is 12.1 Å². The molecule has 0 saturated carbocycles. The summed E-state index contributed by atoms with van der Waals surface area (Å²) in [6, 6.07) is 14.0. The maximum absolute atomic E-state index is 7.31. The second-order valence-electron chi connectivity index (χ2n) is 6.18. The van der Waals surface area contributed by atoms with Crippen molar-refractivity contribution in [3.05, 3.63) is 71.2 Å². The third kappa shape index (κ3) is 2.00. The zero-order chi connectivity index (χ0) is 16.8. The van der Waals surface area contributed by atoms with Crippen LogP contribution in [0.4, 0.5) is 5.69 Å². The molecule has 2 heterocycles. The fourth-order valence-electron chi connectivity index (χ4n) is 3.45. The van der Waals surface area contributed by atoms with Crippen LogP contribution in [0.3, 0.4) is 0 Å². The molecule has 0 N–H and O–H groups in total. The highest BCUT2D eigenvalue weighted by Crippen LogP contribution is 2.40. The van der Waals surface area contributed by atoms with E-state index in [4.69, 9.17) is 11.0 Å². The van der Waals surface area contributed by atoms with Gasteiger partial charge in [-0.1, -0.05) is 12.1 Å². The van der Waals surface area contributed by atoms with Crippen LogP contribution in [-0.2, 0) is 7.05 Å². The number of aryl methyl sites for hydroxylation is 3. The predicted octanol–water partition coefficient (Wildman–Crippen LogP) is 5.25. The van der Waals surface area contributed by atoms with Crippen molar-refractivity contribution in [1.29, 1.82) is 0 Å². The zero-order valence-electron chi connectivity index (χ0n) is 13.9. The average molecular weight is 313 g/mol. The monoisotopic (exact) mass is 313 g/mol. The van der Waals surface area contributed by atoms with Gasteiger partial charge >= 0.3 is 0 Å². The molecule has 0 radical (unpaired) electrons. The first-order chi connectivity index (χ1) is 11.6. The molecule has 2 aromatic heterocycles. The molecule has 3 heteroatoms. The number of hydrogen-bond donors (Lipinski definition) is 0. The fourth-order valence-corrected chi connectivity index (χ4v) is 3.45. The highest BCUT2D eigenvalue weighted by atomic mass is 16.3. The van der Waals surface area contributed by atoms with E-state index in [0.29, 0.717) is 5.69 Å². The third-order valence-electron chi connectivity index (χ3n) is 4.55. The van der Waals surface area contributed by atoms with Crippen LogP contribution in [0.15, 0.2) is 53.1 Å². The van der Waals surface area contributed by atoms with Gasteiger partial charge in [-0.05, 0) is 43.2 Å². The molecule has 0 aliphatic heterocycles. The van der Waals surface area contributed by atoms with Crippen molar-refractivity contribution in [1.82, 2.24) is 0 Å². The summed E-state index contributed by atoms with van der Waals surface area (Å²) in [5.74, 6) is 0. The van der Waals surface area contributed by atoms with Crippen LogP contribution in [0.5, 0.6) is 0 Å². The molecule has 0 bridgehead atoms. The van der Waals surface area contributed by atoms with Gasteiger partial charge in [0.25, 0.3) is 0 Å². The molecule has 0 aliphatic carbocycles. The average Bonchev–Trinajstić information content (AvgIpc) is 2.95. The Morgan fingerprint density at radius 1 is 1.04 bits per heavy atom. The summed E-state index contributed by atoms with van der Waals surface area (Å²) in [7, 11) is 2.05. The van der Waals surface area contributed by atoms with Crippen molar-refractivity contribution in [3.8, 4) is 11.3 Å². The largest absolute Gasteiger partial charge is 0.456 e. The van der Waals surface area contributed by atoms with Gasteiger partial charge in [-0.3, -0.25) is 0 Å². The van der Waals surface area contributed by atoms with Gasteiger partial charge in [0.2, 0.25) is 5.69 Å². The molecular formula is C21H17N2O+. The van der Waals surface area contributed by atoms with Gasteiger partial charge in [0, 0.05) is 22.9 Å². The summed E-state index contributed by atoms with van der Waals surface area (Å²) in [4.78, 5) is 3.58. The quantitative estimate of drug-likeness (QED) is 0.347. The number of furan rings is 1. The van der Waals surface area contributed by atoms with Crippen LogP contribution < -0.4 is 4.57 Å². The molecular weight excluding hydrogens is 296 g/mol. The van der Waals surface area contributed by atoms with E-state index in [2.05, 4.69) is 35.4 Å². The molecule has 2 aromatic carbocycles. The Hall–Kier alpha value is -3.12. The molecule has 0 unspecified atom stereocenters. The summed E-state index contributed by atoms with van der Waals surface area (Å²) in [6.45, 7) is 11.5. The first kappa shape index (κ1) is 14.5. The molecule has 4 aromatic rings. The van der Waals surface area contributed by atoms with E-state index >= 15 is 0 Å². The number of fused-ring (bicyclic) bond motifs is 3. The zero-order valence-corrected chi connectivity index (χ0v) is 13.9. The van der Waals surface area contributed by atoms with Crippen molar-refractivity contribution in [3.63, 3.8) is 0 Å². The van der Waals surface area contributed by atoms with Crippen LogP contribution in [0.1, 0.15) is 11.1 Å². The summed E-state index contributed by atoms with van der Waals surface area (Å²) in [5.41, 5.74) is 6.98. The first-order valence-electron chi connectivity index (χ1n) is 7.89. The maximum atomic E-state index is 7.31. The molecule has 0 spiro atoms. The van der Waals surface area contributed by atoms with Crippen LogP contribution >= 0.6 is 0 Å². The molecule has 4 rings (SSSR count). The molecule has 0 atom stereocenters. The summed E-state index contributed by atoms with van der Waals surface area (Å²) >= 11 is 0. The van der Waals surface area contributed by atoms with Gasteiger partial charge in [-0.25, -0.2) is 9.41 Å². The molecule has 0 saturated heterocycles. The van der Waals surface area contributed by atoms with Gasteiger partial charge < -0.3 is 4.42 Å². The van der Waals surface area contributed by atoms with Crippen LogP contribution in [0, 0.1) is 20.4 Å². The molecule has 0 fully saturated rings. The van der Waals surface area contributed by atoms with E-state index < -0.39 is 0 Å². The smallest absolute Gasteiger partial charge is 0.213 e. The lowest BCUT2D eigenvalue weighted by Crippen LogP contribution is -2.30. The summed E-state index contributed by atoms with van der Waals surface area (Å²) in [6.07, 6.45) is 2.05. The minimum Gasteiger partial charge on any atom is -0.456 e. The lowest BCUT2D eigenvalue weighted by molar-refractivity contribution is -0.660. The Kier molecular flexibility index (Phi) is 3.14. The minimum absolute atomic E-state index is 0.632. The Morgan fingerprint density at radius 2 is 1.88 bits per heavy atom. The van der Waals surface area contributed by atoms with E-state index in [9.17, 15) is 0 Å². The Morgan fingerprint density at radius 3 is 2.62 bits per heavy atom. The van der Waals surface area contributed by atoms with E-state index in [1.165, 1.54) is 11.1 Å². The predicted molar refractivity (Wildman–Crippen MR) is 96.1 cm³/mol. The SMILES string of the molecule is [C-]#[N+]c1ccc2oc3c(C)cc(C)c(-c4cccc[n+]4C)c3c2c1. The number of benzene rings is 2. The number of hydrogen-bond acceptors (Lipinski definition) is 1. The van der Waals surface area contributed by atoms with E-state index in [0.717, 1.165) is 33.2 Å². The Bertz CT molecular complexity index is 1150. The molecule has 3 nitrogen and oxygen atoms in total. The maximum Gasteiger partial charge on any atom is 0.213 e. The Labute approximate surface area is 140 Å². The number of nitrogens with zero attached hydrogens (tertiary/aromatic N) is 2. The van der Waals surface area contributed by atoms with E-state index in [-0.39, 0.29) is 0 Å². The minimum atomic E-state index is 0.632. The standard InChI is InChI=1S/C21H17N2O/c1-13-11-14(2)21-20(19(13)17-7-5-6-10-23(17)4)16-12-15(22-3)8-9-18(16)24-21/h5-12H,1-2,4H3/q+1. The number of rotatable bonds is 1. The van der Waals surface area contributed by atoms with E-state index in [1.807, 2.05) is 43.6 Å². The molecule has 116 valence electrons. The summed E-state index contributed by atoms with van der Waals surface area (Å²) in [5, 5.41) is 2.10. The number of pyridine rings is 1. The molecule has 0 amide bonds. The topological polar surface area (TPSA) is 21.4 Å². The lowest BCUT2D eigenvalue weighted by atomic mass is 9.95. The van der Waals surface area contributed by atoms with Crippen LogP contribution in [-0.4, -0.2) is 0 Å². The van der Waals surface area contributed by atoms with Gasteiger partial charge in [-0.2, -0.15) is 0 Å². The fraction of sp³-hybridized carbons (Fsp3) is 0.143. The highest BCUT2D eigenvalue weighted by Gasteiger charge is 2.21. The van der Waals surface area contributed by atoms with Gasteiger partial charge in [-0.15, -0.1) is 0 Å². The number of aromatic nitrogens is 1. The third-order valence-corrected chi connectivity index (χ3v) is 4.55. The van der Waals surface area contributed by atoms with Crippen molar-refractivity contribution in [2.24, 2.45) is 7.05 Å². The van der Waals surface area contributed by atoms with E-state index in [1.54, 1.807) is 0 Å². The normalized spacial score (nSPS) is 11.1. The van der Waals surface area contributed by atoms with Crippen molar-refractivity contribution >= 4 is 27.6 Å². The van der Waals surface area contributed by atoms with Crippen molar-refractivity contribution in [2.45, 2.75) is 13.8 Å². The van der Waals surface area contributed by atoms with Crippen LogP contribution in [0.25, 0.3) is 38.0 Å². The second-order valence-corrected chi connectivity index (χ2v) is 6.18. The molecule has 24 heavy (non-hydrogen) atoms. The first-order valence-corrected chi connectivity index (χ1v) is 7.89. The highest BCUT2D eigenvalue weighted by molar-refractivity contribution is 6.14. The van der Waals surface area contributed by atoms with Crippen LogP contribution in [0.2, 0.25) is 0 Å². The lowest BCUT2D eigenvalue weighted by Gasteiger charge is -2.08. The van der Waals surface area contributed by atoms with Crippen molar-refractivity contribution < 1.29 is 8.98 Å². The second kappa shape index (κ2) is 5.21. The van der Waals surface area contributed by atoms with Gasteiger partial charge in [0.15, 0.2) is 11.9 Å². The molecule has 0 aliphatic rings. The summed E-state index contributed by atoms with van der Waals surface area (Å²) < 4.78 is 8.25.